The van der Waals surface area contributed by atoms with Crippen LogP contribution in [-0.4, -0.2) is 30.0 Å². The summed E-state index contributed by atoms with van der Waals surface area (Å²) in [6, 6.07) is 6.72. The summed E-state index contributed by atoms with van der Waals surface area (Å²) in [5, 5.41) is 10.4. The van der Waals surface area contributed by atoms with Crippen LogP contribution in [0.4, 0.5) is 5.69 Å². The average molecular weight is 320 g/mol. The summed E-state index contributed by atoms with van der Waals surface area (Å²) < 4.78 is 5.06. The number of anilines is 1. The Kier molecular flexibility index (Phi) is 4.87. The summed E-state index contributed by atoms with van der Waals surface area (Å²) in [5.41, 5.74) is 0.548. The van der Waals surface area contributed by atoms with Gasteiger partial charge in [-0.3, -0.25) is 14.5 Å². The number of hydrogen-bond donors (Lipinski definition) is 0. The summed E-state index contributed by atoms with van der Waals surface area (Å²) in [4.78, 5) is 35.9. The van der Waals surface area contributed by atoms with Gasteiger partial charge in [-0.1, -0.05) is 11.8 Å². The number of ketones is 1. The minimum atomic E-state index is -1.30. The number of amides is 1. The lowest BCUT2D eigenvalue weighted by atomic mass is 10.2. The van der Waals surface area contributed by atoms with Crippen LogP contribution >= 0.6 is 11.8 Å². The normalized spacial score (nSPS) is 19.5. The number of allylic oxidation sites excluding steroid dienone is 1. The van der Waals surface area contributed by atoms with Crippen LogP contribution in [0, 0.1) is 0 Å². The third kappa shape index (κ3) is 3.48. The smallest absolute Gasteiger partial charge is 0.245 e. The van der Waals surface area contributed by atoms with Crippen molar-refractivity contribution >= 4 is 35.1 Å². The molecule has 1 aromatic carbocycles. The standard InChI is InChI=1S/C15H15NO5S/c1-9(17)7-13-16(10-3-5-11(21-2)6-4-10)15(20)12(22-13)8-14(18)19/h3-7,12H,8H2,1-2H3,(H,18,19)/p-1/t12-/m1/s1. The fourth-order valence-electron chi connectivity index (χ4n) is 2.04. The minimum absolute atomic E-state index is 0.220. The molecule has 1 atom stereocenters. The molecule has 116 valence electrons. The lowest BCUT2D eigenvalue weighted by molar-refractivity contribution is -0.305. The number of carbonyl (C=O) groups excluding carboxylic acids is 3. The van der Waals surface area contributed by atoms with Gasteiger partial charge in [0.25, 0.3) is 0 Å². The van der Waals surface area contributed by atoms with E-state index in [1.807, 2.05) is 0 Å². The molecule has 1 fully saturated rings. The molecule has 22 heavy (non-hydrogen) atoms. The summed E-state index contributed by atoms with van der Waals surface area (Å²) in [6.07, 6.45) is 0.924. The van der Waals surface area contributed by atoms with Gasteiger partial charge in [0.2, 0.25) is 5.91 Å². The van der Waals surface area contributed by atoms with E-state index in [-0.39, 0.29) is 11.7 Å². The minimum Gasteiger partial charge on any atom is -0.550 e. The number of nitrogens with zero attached hydrogens (tertiary/aromatic N) is 1. The molecule has 0 unspecified atom stereocenters. The van der Waals surface area contributed by atoms with Gasteiger partial charge in [-0.05, 0) is 31.2 Å². The molecule has 0 spiro atoms. The van der Waals surface area contributed by atoms with E-state index in [4.69, 9.17) is 4.74 Å². The highest BCUT2D eigenvalue weighted by molar-refractivity contribution is 8.05. The molecule has 2 rings (SSSR count). The predicted octanol–water partition coefficient (Wildman–Crippen LogP) is 0.714. The maximum absolute atomic E-state index is 12.4. The number of benzene rings is 1. The lowest BCUT2D eigenvalue weighted by Gasteiger charge is -2.17. The third-order valence-corrected chi connectivity index (χ3v) is 4.18. The van der Waals surface area contributed by atoms with Crippen molar-refractivity contribution in [3.63, 3.8) is 0 Å². The number of hydrogen-bond acceptors (Lipinski definition) is 6. The van der Waals surface area contributed by atoms with Gasteiger partial charge in [0.15, 0.2) is 5.78 Å². The number of carboxylic acid groups (broad SMARTS) is 1. The zero-order valence-corrected chi connectivity index (χ0v) is 12.9. The van der Waals surface area contributed by atoms with Crippen molar-refractivity contribution in [3.05, 3.63) is 35.4 Å². The number of thioether (sulfide) groups is 1. The van der Waals surface area contributed by atoms with Crippen molar-refractivity contribution < 1.29 is 24.2 Å². The molecule has 0 aromatic heterocycles. The van der Waals surface area contributed by atoms with Crippen molar-refractivity contribution in [3.8, 4) is 5.75 Å². The Morgan fingerprint density at radius 2 is 2.00 bits per heavy atom. The van der Waals surface area contributed by atoms with Crippen molar-refractivity contribution in [1.29, 1.82) is 0 Å². The van der Waals surface area contributed by atoms with Gasteiger partial charge < -0.3 is 14.6 Å². The van der Waals surface area contributed by atoms with Crippen LogP contribution in [0.15, 0.2) is 35.4 Å². The van der Waals surface area contributed by atoms with Gasteiger partial charge in [0.1, 0.15) is 5.75 Å². The Morgan fingerprint density at radius 1 is 1.36 bits per heavy atom. The topological polar surface area (TPSA) is 86.7 Å². The number of carboxylic acids is 1. The first kappa shape index (κ1) is 16.1. The lowest BCUT2D eigenvalue weighted by Crippen LogP contribution is -2.33. The van der Waals surface area contributed by atoms with E-state index in [1.165, 1.54) is 25.0 Å². The summed E-state index contributed by atoms with van der Waals surface area (Å²) in [6.45, 7) is 1.37. The zero-order valence-electron chi connectivity index (χ0n) is 12.1. The van der Waals surface area contributed by atoms with E-state index < -0.39 is 17.6 Å². The highest BCUT2D eigenvalue weighted by Crippen LogP contribution is 2.40. The maximum atomic E-state index is 12.4. The molecule has 1 heterocycles. The van der Waals surface area contributed by atoms with E-state index in [9.17, 15) is 19.5 Å². The highest BCUT2D eigenvalue weighted by Gasteiger charge is 2.37. The molecule has 1 amide bonds. The van der Waals surface area contributed by atoms with Crippen LogP contribution in [0.3, 0.4) is 0 Å². The van der Waals surface area contributed by atoms with Crippen molar-refractivity contribution in [1.82, 2.24) is 0 Å². The maximum Gasteiger partial charge on any atom is 0.245 e. The van der Waals surface area contributed by atoms with Gasteiger partial charge in [0.05, 0.1) is 17.4 Å². The number of ether oxygens (including phenoxy) is 1. The Hall–Kier alpha value is -2.28. The van der Waals surface area contributed by atoms with Gasteiger partial charge >= 0.3 is 0 Å². The van der Waals surface area contributed by atoms with E-state index in [0.29, 0.717) is 16.5 Å². The second kappa shape index (κ2) is 6.65. The second-order valence-corrected chi connectivity index (χ2v) is 5.87. The Bertz CT molecular complexity index is 638. The van der Waals surface area contributed by atoms with Crippen LogP contribution in [0.2, 0.25) is 0 Å². The van der Waals surface area contributed by atoms with Crippen molar-refractivity contribution in [2.45, 2.75) is 18.6 Å². The molecule has 7 heteroatoms. The van der Waals surface area contributed by atoms with Crippen molar-refractivity contribution in [2.24, 2.45) is 0 Å². The largest absolute Gasteiger partial charge is 0.550 e. The second-order valence-electron chi connectivity index (χ2n) is 4.65. The quantitative estimate of drug-likeness (QED) is 0.743. The molecule has 0 aliphatic carbocycles. The fourth-order valence-corrected chi connectivity index (χ4v) is 3.29. The first-order chi connectivity index (χ1) is 10.4. The van der Waals surface area contributed by atoms with Crippen molar-refractivity contribution in [2.75, 3.05) is 12.0 Å². The average Bonchev–Trinajstić information content (AvgIpc) is 2.74. The summed E-state index contributed by atoms with van der Waals surface area (Å²) >= 11 is 1.05. The molecule has 0 N–H and O–H groups in total. The van der Waals surface area contributed by atoms with E-state index >= 15 is 0 Å². The van der Waals surface area contributed by atoms with Crippen LogP contribution < -0.4 is 14.7 Å². The Labute approximate surface area is 131 Å². The van der Waals surface area contributed by atoms with Gasteiger partial charge in [-0.15, -0.1) is 0 Å². The van der Waals surface area contributed by atoms with Crippen LogP contribution in [0.5, 0.6) is 5.75 Å². The molecule has 6 nitrogen and oxygen atoms in total. The monoisotopic (exact) mass is 320 g/mol. The summed E-state index contributed by atoms with van der Waals surface area (Å²) in [5.74, 6) is -1.27. The highest BCUT2D eigenvalue weighted by atomic mass is 32.2. The molecule has 0 radical (unpaired) electrons. The number of carbonyl (C=O) groups is 3. The zero-order chi connectivity index (χ0) is 16.3. The molecular formula is C15H14NO5S-. The van der Waals surface area contributed by atoms with Crippen LogP contribution in [0.25, 0.3) is 0 Å². The number of aliphatic carboxylic acids is 1. The van der Waals surface area contributed by atoms with Gasteiger partial charge in [-0.2, -0.15) is 0 Å². The third-order valence-electron chi connectivity index (χ3n) is 2.99. The van der Waals surface area contributed by atoms with Crippen LogP contribution in [0.1, 0.15) is 13.3 Å². The first-order valence-corrected chi connectivity index (χ1v) is 7.37. The molecule has 0 bridgehead atoms. The SMILES string of the molecule is COc1ccc(N2C(=O)[C@@H](CC(=O)[O-])SC2=CC(C)=O)cc1. The van der Waals surface area contributed by atoms with E-state index in [0.717, 1.165) is 11.8 Å². The summed E-state index contributed by atoms with van der Waals surface area (Å²) in [7, 11) is 1.53. The number of methoxy groups -OCH3 is 1. The van der Waals surface area contributed by atoms with Crippen LogP contribution in [-0.2, 0) is 14.4 Å². The Balaban J connectivity index is 2.37. The molecule has 1 aromatic rings. The molecule has 0 saturated carbocycles. The first-order valence-electron chi connectivity index (χ1n) is 6.49. The molecular weight excluding hydrogens is 306 g/mol. The predicted molar refractivity (Wildman–Crippen MR) is 80.2 cm³/mol. The van der Waals surface area contributed by atoms with Gasteiger partial charge in [0, 0.05) is 24.2 Å². The number of rotatable bonds is 5. The Morgan fingerprint density at radius 3 is 2.50 bits per heavy atom. The van der Waals surface area contributed by atoms with E-state index in [1.54, 1.807) is 24.3 Å². The molecule has 1 aliphatic rings. The molecule has 1 aliphatic heterocycles. The van der Waals surface area contributed by atoms with E-state index in [2.05, 4.69) is 0 Å². The molecule has 1 saturated heterocycles. The van der Waals surface area contributed by atoms with Gasteiger partial charge in [-0.25, -0.2) is 0 Å². The fraction of sp³-hybridized carbons (Fsp3) is 0.267.